The molecule has 0 saturated carbocycles. The van der Waals surface area contributed by atoms with Crippen LogP contribution in [0.2, 0.25) is 0 Å². The van der Waals surface area contributed by atoms with Crippen LogP contribution in [0.25, 0.3) is 5.57 Å². The zero-order valence-electron chi connectivity index (χ0n) is 11.8. The minimum Gasteiger partial charge on any atom is -0.496 e. The number of hydrogen-bond acceptors (Lipinski definition) is 5. The van der Waals surface area contributed by atoms with E-state index >= 15 is 0 Å². The zero-order valence-corrected chi connectivity index (χ0v) is 11.8. The molecule has 1 aromatic carbocycles. The average Bonchev–Trinajstić information content (AvgIpc) is 2.54. The van der Waals surface area contributed by atoms with Gasteiger partial charge in [0, 0.05) is 6.42 Å². The third-order valence-corrected chi connectivity index (χ3v) is 4.07. The second kappa shape index (κ2) is 5.02. The molecule has 0 unspecified atom stereocenters. The maximum atomic E-state index is 12.7. The first-order valence-electron chi connectivity index (χ1n) is 7.23. The van der Waals surface area contributed by atoms with Gasteiger partial charge in [-0.1, -0.05) is 12.1 Å². The molecular formula is C17H14O5. The van der Waals surface area contributed by atoms with E-state index in [1.54, 1.807) is 18.2 Å². The van der Waals surface area contributed by atoms with Gasteiger partial charge in [-0.2, -0.15) is 0 Å². The van der Waals surface area contributed by atoms with E-state index in [0.29, 0.717) is 30.3 Å². The molecule has 1 aromatic rings. The Bertz CT molecular complexity index is 716. The molecule has 0 aromatic heterocycles. The minimum atomic E-state index is -0.397. The van der Waals surface area contributed by atoms with Crippen LogP contribution in [0.15, 0.2) is 36.6 Å². The van der Waals surface area contributed by atoms with Gasteiger partial charge in [-0.25, -0.2) is 0 Å². The summed E-state index contributed by atoms with van der Waals surface area (Å²) in [6, 6.07) is 5.41. The molecule has 5 heteroatoms. The number of carbonyl (C=O) groups excluding carboxylic acids is 2. The number of rotatable bonds is 1. The lowest BCUT2D eigenvalue weighted by atomic mass is 9.82. The van der Waals surface area contributed by atoms with Crippen molar-refractivity contribution in [3.05, 3.63) is 42.2 Å². The van der Waals surface area contributed by atoms with Crippen molar-refractivity contribution in [3.63, 3.8) is 0 Å². The van der Waals surface area contributed by atoms with E-state index in [0.717, 1.165) is 5.56 Å². The van der Waals surface area contributed by atoms with Crippen LogP contribution in [0, 0.1) is 5.92 Å². The molecule has 0 radical (unpaired) electrons. The number of carbonyl (C=O) groups is 2. The molecule has 0 bridgehead atoms. The maximum absolute atomic E-state index is 12.7. The van der Waals surface area contributed by atoms with Crippen molar-refractivity contribution in [3.8, 4) is 11.5 Å². The summed E-state index contributed by atoms with van der Waals surface area (Å²) in [5.74, 6) is 0.877. The predicted octanol–water partition coefficient (Wildman–Crippen LogP) is 1.91. The first-order valence-corrected chi connectivity index (χ1v) is 7.23. The van der Waals surface area contributed by atoms with Crippen molar-refractivity contribution in [2.75, 3.05) is 13.2 Å². The molecule has 2 aliphatic heterocycles. The van der Waals surface area contributed by atoms with Crippen LogP contribution < -0.4 is 9.47 Å². The highest BCUT2D eigenvalue weighted by molar-refractivity contribution is 6.23. The van der Waals surface area contributed by atoms with Gasteiger partial charge >= 0.3 is 0 Å². The predicted molar refractivity (Wildman–Crippen MR) is 77.5 cm³/mol. The van der Waals surface area contributed by atoms with Crippen molar-refractivity contribution < 1.29 is 23.8 Å². The van der Waals surface area contributed by atoms with Gasteiger partial charge in [0.1, 0.15) is 19.3 Å². The summed E-state index contributed by atoms with van der Waals surface area (Å²) >= 11 is 0. The minimum absolute atomic E-state index is 0.00905. The molecule has 0 saturated heterocycles. The van der Waals surface area contributed by atoms with Gasteiger partial charge < -0.3 is 14.2 Å². The van der Waals surface area contributed by atoms with Crippen LogP contribution in [0.1, 0.15) is 12.0 Å². The highest BCUT2D eigenvalue weighted by Crippen LogP contribution is 2.37. The molecule has 4 rings (SSSR count). The largest absolute Gasteiger partial charge is 0.496 e. The van der Waals surface area contributed by atoms with Gasteiger partial charge in [0.2, 0.25) is 0 Å². The first-order chi connectivity index (χ1) is 10.7. The molecule has 3 aliphatic rings. The summed E-state index contributed by atoms with van der Waals surface area (Å²) in [5.41, 5.74) is 1.23. The van der Waals surface area contributed by atoms with E-state index in [1.165, 1.54) is 12.3 Å². The van der Waals surface area contributed by atoms with Crippen LogP contribution >= 0.6 is 0 Å². The molecule has 0 spiro atoms. The summed E-state index contributed by atoms with van der Waals surface area (Å²) in [6.07, 6.45) is 4.43. The number of fused-ring (bicyclic) bond motifs is 2. The fourth-order valence-corrected chi connectivity index (χ4v) is 2.93. The van der Waals surface area contributed by atoms with E-state index in [9.17, 15) is 9.59 Å². The standard InChI is InChI=1S/C17H14O5/c18-11-2-3-12-15(8-11)22-9-13(17(12)19)10-1-4-14-16(7-10)21-6-5-20-14/h1-4,7,9,12,15H,5-6,8H2/t12-,15-/m0/s1. The van der Waals surface area contributed by atoms with Crippen LogP contribution in [0.3, 0.4) is 0 Å². The molecular weight excluding hydrogens is 284 g/mol. The number of allylic oxidation sites excluding steroid dienone is 2. The Balaban J connectivity index is 1.67. The molecule has 2 atom stereocenters. The van der Waals surface area contributed by atoms with Crippen molar-refractivity contribution in [2.45, 2.75) is 12.5 Å². The summed E-state index contributed by atoms with van der Waals surface area (Å²) in [4.78, 5) is 24.1. The van der Waals surface area contributed by atoms with Crippen molar-refractivity contribution in [1.82, 2.24) is 0 Å². The highest BCUT2D eigenvalue weighted by atomic mass is 16.6. The van der Waals surface area contributed by atoms with E-state index in [-0.39, 0.29) is 24.1 Å². The van der Waals surface area contributed by atoms with Gasteiger partial charge in [0.05, 0.1) is 17.8 Å². The smallest absolute Gasteiger partial charge is 0.177 e. The number of benzene rings is 1. The topological polar surface area (TPSA) is 61.8 Å². The SMILES string of the molecule is O=C1C=C[C@@H]2C(=O)C(c3ccc4c(c3)OCCO4)=CO[C@H]2C1. The molecule has 1 aliphatic carbocycles. The number of Topliss-reactive ketones (excluding diaryl/α,β-unsaturated/α-hetero) is 1. The van der Waals surface area contributed by atoms with Crippen molar-refractivity contribution in [1.29, 1.82) is 0 Å². The fourth-order valence-electron chi connectivity index (χ4n) is 2.93. The summed E-state index contributed by atoms with van der Waals surface area (Å²) in [6.45, 7) is 1.02. The summed E-state index contributed by atoms with van der Waals surface area (Å²) in [5, 5.41) is 0. The Labute approximate surface area is 127 Å². The fraction of sp³-hybridized carbons (Fsp3) is 0.294. The lowest BCUT2D eigenvalue weighted by Gasteiger charge is -2.30. The van der Waals surface area contributed by atoms with Crippen LogP contribution in [0.4, 0.5) is 0 Å². The highest BCUT2D eigenvalue weighted by Gasteiger charge is 2.37. The third kappa shape index (κ3) is 2.09. The van der Waals surface area contributed by atoms with Crippen LogP contribution in [-0.4, -0.2) is 30.9 Å². The van der Waals surface area contributed by atoms with E-state index in [1.807, 2.05) is 6.07 Å². The number of ketones is 2. The molecule has 0 N–H and O–H groups in total. The van der Waals surface area contributed by atoms with E-state index in [2.05, 4.69) is 0 Å². The van der Waals surface area contributed by atoms with Gasteiger partial charge in [-0.15, -0.1) is 0 Å². The Morgan fingerprint density at radius 2 is 1.86 bits per heavy atom. The lowest BCUT2D eigenvalue weighted by Crippen LogP contribution is -2.36. The first kappa shape index (κ1) is 13.1. The van der Waals surface area contributed by atoms with Crippen molar-refractivity contribution in [2.24, 2.45) is 5.92 Å². The van der Waals surface area contributed by atoms with E-state index in [4.69, 9.17) is 14.2 Å². The summed E-state index contributed by atoms with van der Waals surface area (Å²) < 4.78 is 16.6. The third-order valence-electron chi connectivity index (χ3n) is 4.07. The molecule has 2 heterocycles. The lowest BCUT2D eigenvalue weighted by molar-refractivity contribution is -0.124. The normalized spacial score (nSPS) is 26.1. The number of hydrogen-bond donors (Lipinski definition) is 0. The van der Waals surface area contributed by atoms with E-state index < -0.39 is 5.92 Å². The van der Waals surface area contributed by atoms with Crippen LogP contribution in [-0.2, 0) is 14.3 Å². The van der Waals surface area contributed by atoms with Crippen molar-refractivity contribution >= 4 is 17.1 Å². The quantitative estimate of drug-likeness (QED) is 0.792. The monoisotopic (exact) mass is 298 g/mol. The summed E-state index contributed by atoms with van der Waals surface area (Å²) in [7, 11) is 0. The molecule has 22 heavy (non-hydrogen) atoms. The Kier molecular flexibility index (Phi) is 2.99. The maximum Gasteiger partial charge on any atom is 0.177 e. The van der Waals surface area contributed by atoms with Gasteiger partial charge in [0.15, 0.2) is 23.1 Å². The van der Waals surface area contributed by atoms with Crippen LogP contribution in [0.5, 0.6) is 11.5 Å². The van der Waals surface area contributed by atoms with Gasteiger partial charge in [-0.3, -0.25) is 9.59 Å². The molecule has 5 nitrogen and oxygen atoms in total. The van der Waals surface area contributed by atoms with Gasteiger partial charge in [-0.05, 0) is 23.8 Å². The second-order valence-corrected chi connectivity index (χ2v) is 5.48. The molecule has 0 fully saturated rings. The molecule has 112 valence electrons. The Morgan fingerprint density at radius 3 is 2.73 bits per heavy atom. The Hall–Kier alpha value is -2.56. The second-order valence-electron chi connectivity index (χ2n) is 5.48. The molecule has 0 amide bonds. The average molecular weight is 298 g/mol. The van der Waals surface area contributed by atoms with Gasteiger partial charge in [0.25, 0.3) is 0 Å². The zero-order chi connectivity index (χ0) is 15.1. The Morgan fingerprint density at radius 1 is 1.05 bits per heavy atom. The number of ether oxygens (including phenoxy) is 3.